The summed E-state index contributed by atoms with van der Waals surface area (Å²) in [4.78, 5) is 12.0. The minimum absolute atomic E-state index is 0.217. The van der Waals surface area contributed by atoms with E-state index in [9.17, 15) is 18.9 Å². The molecule has 1 saturated heterocycles. The Morgan fingerprint density at radius 1 is 1.32 bits per heavy atom. The van der Waals surface area contributed by atoms with E-state index in [0.29, 0.717) is 32.0 Å². The van der Waals surface area contributed by atoms with Crippen LogP contribution in [-0.2, 0) is 4.74 Å². The molecule has 0 N–H and O–H groups in total. The van der Waals surface area contributed by atoms with Crippen LogP contribution in [0.1, 0.15) is 0 Å². The molecule has 0 bridgehead atoms. The molecule has 19 heavy (non-hydrogen) atoms. The van der Waals surface area contributed by atoms with Crippen LogP contribution in [0, 0.1) is 10.1 Å². The number of alkyl halides is 2. The van der Waals surface area contributed by atoms with E-state index in [4.69, 9.17) is 4.74 Å². The standard InChI is InChI=1S/C11H12F2N2O4/c12-11(13)19-10-6-8(5-9(7-10)15(16)17)14-1-3-18-4-2-14/h5-7,11H,1-4H2. The molecule has 1 aliphatic heterocycles. The lowest BCUT2D eigenvalue weighted by Crippen LogP contribution is -2.36. The lowest BCUT2D eigenvalue weighted by molar-refractivity contribution is -0.384. The summed E-state index contributed by atoms with van der Waals surface area (Å²) in [6.45, 7) is -0.925. The second-order valence-corrected chi connectivity index (χ2v) is 3.92. The molecule has 0 unspecified atom stereocenters. The van der Waals surface area contributed by atoms with Crippen molar-refractivity contribution < 1.29 is 23.2 Å². The van der Waals surface area contributed by atoms with E-state index < -0.39 is 11.5 Å². The number of hydrogen-bond acceptors (Lipinski definition) is 5. The van der Waals surface area contributed by atoms with Crippen LogP contribution in [0.15, 0.2) is 18.2 Å². The van der Waals surface area contributed by atoms with Crippen molar-refractivity contribution in [2.75, 3.05) is 31.2 Å². The number of anilines is 1. The molecule has 1 aromatic carbocycles. The number of ether oxygens (including phenoxy) is 2. The van der Waals surface area contributed by atoms with Crippen molar-refractivity contribution in [3.8, 4) is 5.75 Å². The number of nitro benzene ring substituents is 1. The van der Waals surface area contributed by atoms with Gasteiger partial charge in [-0.05, 0) is 0 Å². The first-order valence-corrected chi connectivity index (χ1v) is 5.63. The zero-order valence-electron chi connectivity index (χ0n) is 9.92. The molecule has 0 radical (unpaired) electrons. The van der Waals surface area contributed by atoms with Gasteiger partial charge in [-0.15, -0.1) is 0 Å². The van der Waals surface area contributed by atoms with Gasteiger partial charge in [-0.1, -0.05) is 0 Å². The van der Waals surface area contributed by atoms with Gasteiger partial charge in [-0.25, -0.2) is 0 Å². The number of nitro groups is 1. The molecule has 6 nitrogen and oxygen atoms in total. The highest BCUT2D eigenvalue weighted by molar-refractivity contribution is 5.58. The summed E-state index contributed by atoms with van der Waals surface area (Å²) < 4.78 is 33.8. The van der Waals surface area contributed by atoms with Crippen LogP contribution < -0.4 is 9.64 Å². The predicted octanol–water partition coefficient (Wildman–Crippen LogP) is 2.03. The van der Waals surface area contributed by atoms with E-state index in [0.717, 1.165) is 6.07 Å². The van der Waals surface area contributed by atoms with E-state index in [1.165, 1.54) is 12.1 Å². The Balaban J connectivity index is 2.30. The van der Waals surface area contributed by atoms with Crippen molar-refractivity contribution >= 4 is 11.4 Å². The molecule has 104 valence electrons. The Labute approximate surface area is 107 Å². The van der Waals surface area contributed by atoms with Crippen molar-refractivity contribution in [1.82, 2.24) is 0 Å². The molecule has 1 heterocycles. The molecule has 1 aromatic rings. The maximum Gasteiger partial charge on any atom is 0.387 e. The first-order chi connectivity index (χ1) is 9.06. The molecule has 2 rings (SSSR count). The third-order valence-electron chi connectivity index (χ3n) is 2.69. The van der Waals surface area contributed by atoms with Crippen LogP contribution in [-0.4, -0.2) is 37.8 Å². The summed E-state index contributed by atoms with van der Waals surface area (Å²) >= 11 is 0. The second-order valence-electron chi connectivity index (χ2n) is 3.92. The van der Waals surface area contributed by atoms with Crippen LogP contribution in [0.2, 0.25) is 0 Å². The van der Waals surface area contributed by atoms with Gasteiger partial charge < -0.3 is 14.4 Å². The van der Waals surface area contributed by atoms with Crippen LogP contribution in [0.4, 0.5) is 20.2 Å². The van der Waals surface area contributed by atoms with Gasteiger partial charge in [0.15, 0.2) is 0 Å². The Bertz CT molecular complexity index is 464. The average Bonchev–Trinajstić information content (AvgIpc) is 2.38. The topological polar surface area (TPSA) is 64.8 Å². The quantitative estimate of drug-likeness (QED) is 0.621. The molecule has 0 atom stereocenters. The summed E-state index contributed by atoms with van der Waals surface area (Å²) in [5.74, 6) is -0.217. The van der Waals surface area contributed by atoms with Gasteiger partial charge >= 0.3 is 6.61 Å². The SMILES string of the molecule is O=[N+]([O-])c1cc(OC(F)F)cc(N2CCOCC2)c1. The highest BCUT2D eigenvalue weighted by atomic mass is 19.3. The molecule has 0 aliphatic carbocycles. The molecule has 1 aliphatic rings. The average molecular weight is 274 g/mol. The summed E-state index contributed by atoms with van der Waals surface area (Å²) in [6.07, 6.45) is 0. The van der Waals surface area contributed by atoms with Gasteiger partial charge in [-0.2, -0.15) is 8.78 Å². The van der Waals surface area contributed by atoms with Crippen molar-refractivity contribution in [1.29, 1.82) is 0 Å². The van der Waals surface area contributed by atoms with E-state index in [-0.39, 0.29) is 11.4 Å². The summed E-state index contributed by atoms with van der Waals surface area (Å²) in [7, 11) is 0. The van der Waals surface area contributed by atoms with Gasteiger partial charge in [0, 0.05) is 30.9 Å². The van der Waals surface area contributed by atoms with Crippen LogP contribution in [0.25, 0.3) is 0 Å². The third kappa shape index (κ3) is 3.50. The lowest BCUT2D eigenvalue weighted by atomic mass is 10.2. The largest absolute Gasteiger partial charge is 0.434 e. The fourth-order valence-corrected chi connectivity index (χ4v) is 1.85. The fourth-order valence-electron chi connectivity index (χ4n) is 1.85. The number of morpholine rings is 1. The molecule has 8 heteroatoms. The number of benzene rings is 1. The van der Waals surface area contributed by atoms with Crippen LogP contribution in [0.5, 0.6) is 5.75 Å². The highest BCUT2D eigenvalue weighted by Gasteiger charge is 2.18. The minimum Gasteiger partial charge on any atom is -0.434 e. The summed E-state index contributed by atoms with van der Waals surface area (Å²) in [5, 5.41) is 10.8. The lowest BCUT2D eigenvalue weighted by Gasteiger charge is -2.28. The van der Waals surface area contributed by atoms with Crippen molar-refractivity contribution in [2.24, 2.45) is 0 Å². The van der Waals surface area contributed by atoms with Gasteiger partial charge in [0.05, 0.1) is 24.2 Å². The molecule has 0 saturated carbocycles. The number of non-ortho nitro benzene ring substituents is 1. The van der Waals surface area contributed by atoms with Crippen LogP contribution >= 0.6 is 0 Å². The normalized spacial score (nSPS) is 15.6. The zero-order chi connectivity index (χ0) is 13.8. The smallest absolute Gasteiger partial charge is 0.387 e. The maximum absolute atomic E-state index is 12.2. The number of nitrogens with zero attached hydrogens (tertiary/aromatic N) is 2. The zero-order valence-corrected chi connectivity index (χ0v) is 9.92. The van der Waals surface area contributed by atoms with E-state index in [2.05, 4.69) is 4.74 Å². The highest BCUT2D eigenvalue weighted by Crippen LogP contribution is 2.29. The van der Waals surface area contributed by atoms with Crippen molar-refractivity contribution in [3.05, 3.63) is 28.3 Å². The van der Waals surface area contributed by atoms with Crippen LogP contribution in [0.3, 0.4) is 0 Å². The Kier molecular flexibility index (Phi) is 4.10. The third-order valence-corrected chi connectivity index (χ3v) is 2.69. The molecular formula is C11H12F2N2O4. The summed E-state index contributed by atoms with van der Waals surface area (Å²) in [5.41, 5.74) is 0.202. The molecule has 1 fully saturated rings. The van der Waals surface area contributed by atoms with Gasteiger partial charge in [0.2, 0.25) is 0 Å². The maximum atomic E-state index is 12.2. The minimum atomic E-state index is -3.01. The van der Waals surface area contributed by atoms with E-state index in [1.54, 1.807) is 0 Å². The summed E-state index contributed by atoms with van der Waals surface area (Å²) in [6, 6.07) is 3.68. The molecule has 0 spiro atoms. The Morgan fingerprint density at radius 2 is 2.00 bits per heavy atom. The molecular weight excluding hydrogens is 262 g/mol. The number of rotatable bonds is 4. The van der Waals surface area contributed by atoms with E-state index in [1.807, 2.05) is 4.90 Å². The van der Waals surface area contributed by atoms with Gasteiger partial charge in [-0.3, -0.25) is 10.1 Å². The Hall–Kier alpha value is -1.96. The number of halogens is 2. The Morgan fingerprint density at radius 3 is 2.58 bits per heavy atom. The van der Waals surface area contributed by atoms with E-state index >= 15 is 0 Å². The fraction of sp³-hybridized carbons (Fsp3) is 0.455. The monoisotopic (exact) mass is 274 g/mol. The molecule has 0 amide bonds. The molecule has 0 aromatic heterocycles. The van der Waals surface area contributed by atoms with Crippen molar-refractivity contribution in [2.45, 2.75) is 6.61 Å². The van der Waals surface area contributed by atoms with Gasteiger partial charge in [0.25, 0.3) is 5.69 Å². The first-order valence-electron chi connectivity index (χ1n) is 5.63. The number of hydrogen-bond donors (Lipinski definition) is 0. The van der Waals surface area contributed by atoms with Gasteiger partial charge in [0.1, 0.15) is 5.75 Å². The second kappa shape index (κ2) is 5.79. The predicted molar refractivity (Wildman–Crippen MR) is 62.8 cm³/mol. The van der Waals surface area contributed by atoms with Crippen molar-refractivity contribution in [3.63, 3.8) is 0 Å². The first kappa shape index (κ1) is 13.5.